The van der Waals surface area contributed by atoms with Gasteiger partial charge >= 0.3 is 0 Å². The number of amides is 1. The Hall–Kier alpha value is -1.79. The third-order valence-corrected chi connectivity index (χ3v) is 6.56. The van der Waals surface area contributed by atoms with Crippen molar-refractivity contribution in [3.05, 3.63) is 35.1 Å². The topological polar surface area (TPSA) is 80.9 Å². The molecule has 2 aliphatic carbocycles. The van der Waals surface area contributed by atoms with Crippen molar-refractivity contribution in [1.29, 1.82) is 0 Å². The minimum Gasteiger partial charge on any atom is -0.353 e. The van der Waals surface area contributed by atoms with Gasteiger partial charge in [-0.15, -0.1) is 11.3 Å². The monoisotopic (exact) mass is 356 g/mol. The average Bonchev–Trinajstić information content (AvgIpc) is 3.07. The van der Waals surface area contributed by atoms with Crippen LogP contribution in [0.5, 0.6) is 0 Å². The quantitative estimate of drug-likeness (QED) is 0.886. The van der Waals surface area contributed by atoms with Crippen LogP contribution in [0.4, 0.5) is 0 Å². The molecule has 0 aliphatic heterocycles. The van der Waals surface area contributed by atoms with Gasteiger partial charge in [0.05, 0.1) is 5.69 Å². The van der Waals surface area contributed by atoms with E-state index in [-0.39, 0.29) is 11.8 Å². The molecule has 2 aromatic heterocycles. The molecule has 132 valence electrons. The van der Waals surface area contributed by atoms with Gasteiger partial charge in [0.2, 0.25) is 5.91 Å². The highest BCUT2D eigenvalue weighted by Crippen LogP contribution is 2.34. The van der Waals surface area contributed by atoms with E-state index in [1.54, 1.807) is 23.7 Å². The Labute approximate surface area is 152 Å². The number of hydrogen-bond acceptors (Lipinski definition) is 5. The number of fused-ring (bicyclic) bond motifs is 1. The van der Waals surface area contributed by atoms with E-state index in [0.29, 0.717) is 12.1 Å². The fourth-order valence-electron chi connectivity index (χ4n) is 3.80. The number of nitrogens with two attached hydrogens (primary N) is 1. The van der Waals surface area contributed by atoms with Crippen molar-refractivity contribution in [3.63, 3.8) is 0 Å². The van der Waals surface area contributed by atoms with Crippen LogP contribution in [0, 0.1) is 5.92 Å². The molecule has 1 atom stereocenters. The van der Waals surface area contributed by atoms with E-state index in [2.05, 4.69) is 10.3 Å². The summed E-state index contributed by atoms with van der Waals surface area (Å²) in [5.41, 5.74) is 8.16. The van der Waals surface area contributed by atoms with Crippen LogP contribution in [0.3, 0.4) is 0 Å². The zero-order valence-corrected chi connectivity index (χ0v) is 15.1. The highest BCUT2D eigenvalue weighted by atomic mass is 32.1. The number of hydrogen-bond donors (Lipinski definition) is 2. The smallest absolute Gasteiger partial charge is 0.223 e. The number of rotatable bonds is 3. The predicted octanol–water partition coefficient (Wildman–Crippen LogP) is 2.70. The molecule has 1 fully saturated rings. The molecule has 6 heteroatoms. The first-order chi connectivity index (χ1) is 12.2. The molecule has 1 amide bonds. The summed E-state index contributed by atoms with van der Waals surface area (Å²) >= 11 is 1.75. The number of nitrogens with one attached hydrogen (secondary N) is 1. The van der Waals surface area contributed by atoms with Crippen LogP contribution in [0.25, 0.3) is 10.6 Å². The van der Waals surface area contributed by atoms with Crippen molar-refractivity contribution in [3.8, 4) is 10.6 Å². The van der Waals surface area contributed by atoms with Crippen LogP contribution in [0.2, 0.25) is 0 Å². The SMILES string of the molecule is NC1CCC(NC(=O)C2CCc3sc(-c4ccncc4)nc3C2)CC1. The Morgan fingerprint density at radius 3 is 2.68 bits per heavy atom. The highest BCUT2D eigenvalue weighted by Gasteiger charge is 2.29. The van der Waals surface area contributed by atoms with Gasteiger partial charge in [0.1, 0.15) is 5.01 Å². The molecule has 5 nitrogen and oxygen atoms in total. The first-order valence-corrected chi connectivity index (χ1v) is 9.95. The predicted molar refractivity (Wildman–Crippen MR) is 99.2 cm³/mol. The maximum absolute atomic E-state index is 12.7. The van der Waals surface area contributed by atoms with Crippen LogP contribution in [0.1, 0.15) is 42.7 Å². The van der Waals surface area contributed by atoms with Gasteiger partial charge in [-0.05, 0) is 50.7 Å². The average molecular weight is 356 g/mol. The molecule has 1 saturated carbocycles. The van der Waals surface area contributed by atoms with Crippen LogP contribution in [0.15, 0.2) is 24.5 Å². The second-order valence-corrected chi connectivity index (χ2v) is 8.27. The molecule has 0 radical (unpaired) electrons. The highest BCUT2D eigenvalue weighted by molar-refractivity contribution is 7.15. The lowest BCUT2D eigenvalue weighted by Gasteiger charge is -2.29. The van der Waals surface area contributed by atoms with Gasteiger partial charge in [0.15, 0.2) is 0 Å². The number of thiazole rings is 1. The number of carbonyl (C=O) groups is 1. The van der Waals surface area contributed by atoms with Crippen molar-refractivity contribution in [2.75, 3.05) is 0 Å². The van der Waals surface area contributed by atoms with Gasteiger partial charge in [-0.3, -0.25) is 9.78 Å². The van der Waals surface area contributed by atoms with E-state index >= 15 is 0 Å². The van der Waals surface area contributed by atoms with Crippen molar-refractivity contribution in [1.82, 2.24) is 15.3 Å². The van der Waals surface area contributed by atoms with E-state index in [0.717, 1.165) is 61.2 Å². The summed E-state index contributed by atoms with van der Waals surface area (Å²) in [6.07, 6.45) is 10.3. The van der Waals surface area contributed by atoms with E-state index in [1.165, 1.54) is 4.88 Å². The summed E-state index contributed by atoms with van der Waals surface area (Å²) in [5.74, 6) is 0.250. The molecule has 1 unspecified atom stereocenters. The van der Waals surface area contributed by atoms with Gasteiger partial charge in [-0.2, -0.15) is 0 Å². The van der Waals surface area contributed by atoms with Crippen LogP contribution in [-0.4, -0.2) is 28.0 Å². The number of aryl methyl sites for hydroxylation is 1. The zero-order chi connectivity index (χ0) is 17.2. The van der Waals surface area contributed by atoms with E-state index in [9.17, 15) is 4.79 Å². The molecule has 0 bridgehead atoms. The Morgan fingerprint density at radius 1 is 1.16 bits per heavy atom. The Bertz CT molecular complexity index is 737. The molecule has 3 N–H and O–H groups in total. The zero-order valence-electron chi connectivity index (χ0n) is 14.3. The summed E-state index contributed by atoms with van der Waals surface area (Å²) in [5, 5.41) is 4.29. The van der Waals surface area contributed by atoms with E-state index < -0.39 is 0 Å². The van der Waals surface area contributed by atoms with Gasteiger partial charge in [0.25, 0.3) is 0 Å². The lowest BCUT2D eigenvalue weighted by Crippen LogP contribution is -2.44. The van der Waals surface area contributed by atoms with E-state index in [1.807, 2.05) is 12.1 Å². The molecule has 0 spiro atoms. The Balaban J connectivity index is 1.40. The number of nitrogens with zero attached hydrogens (tertiary/aromatic N) is 2. The number of carbonyl (C=O) groups excluding carboxylic acids is 1. The van der Waals surface area contributed by atoms with Gasteiger partial charge < -0.3 is 11.1 Å². The number of pyridine rings is 1. The third kappa shape index (κ3) is 3.75. The van der Waals surface area contributed by atoms with E-state index in [4.69, 9.17) is 10.7 Å². The van der Waals surface area contributed by atoms with Gasteiger partial charge in [-0.1, -0.05) is 0 Å². The largest absolute Gasteiger partial charge is 0.353 e. The van der Waals surface area contributed by atoms with Crippen molar-refractivity contribution >= 4 is 17.2 Å². The summed E-state index contributed by atoms with van der Waals surface area (Å²) in [7, 11) is 0. The Kier molecular flexibility index (Phi) is 4.81. The first-order valence-electron chi connectivity index (χ1n) is 9.14. The second kappa shape index (κ2) is 7.22. The summed E-state index contributed by atoms with van der Waals surface area (Å²) in [6, 6.07) is 4.59. The lowest BCUT2D eigenvalue weighted by molar-refractivity contribution is -0.126. The second-order valence-electron chi connectivity index (χ2n) is 7.18. The molecule has 2 aliphatic rings. The normalized spacial score (nSPS) is 26.0. The summed E-state index contributed by atoms with van der Waals surface area (Å²) < 4.78 is 0. The Morgan fingerprint density at radius 2 is 1.92 bits per heavy atom. The van der Waals surface area contributed by atoms with Crippen molar-refractivity contribution in [2.24, 2.45) is 11.7 Å². The maximum atomic E-state index is 12.7. The molecular weight excluding hydrogens is 332 g/mol. The fraction of sp³-hybridized carbons (Fsp3) is 0.526. The minimum absolute atomic E-state index is 0.0514. The molecule has 0 aromatic carbocycles. The third-order valence-electron chi connectivity index (χ3n) is 5.35. The van der Waals surface area contributed by atoms with Crippen molar-refractivity contribution in [2.45, 2.75) is 57.0 Å². The maximum Gasteiger partial charge on any atom is 0.223 e. The van der Waals surface area contributed by atoms with Crippen LogP contribution < -0.4 is 11.1 Å². The fourth-order valence-corrected chi connectivity index (χ4v) is 4.91. The standard InChI is InChI=1S/C19H24N4OS/c20-14-2-4-15(5-3-14)22-18(24)13-1-6-17-16(11-13)23-19(25-17)12-7-9-21-10-8-12/h7-10,13-15H,1-6,11,20H2,(H,22,24). The molecular formula is C19H24N4OS. The lowest BCUT2D eigenvalue weighted by atomic mass is 9.88. The molecule has 4 rings (SSSR count). The van der Waals surface area contributed by atoms with Gasteiger partial charge in [0, 0.05) is 47.3 Å². The molecule has 2 aromatic rings. The summed E-state index contributed by atoms with van der Waals surface area (Å²) in [4.78, 5) is 22.9. The molecule has 0 saturated heterocycles. The van der Waals surface area contributed by atoms with Gasteiger partial charge in [-0.25, -0.2) is 4.98 Å². The molecule has 2 heterocycles. The van der Waals surface area contributed by atoms with Crippen LogP contribution in [-0.2, 0) is 17.6 Å². The first kappa shape index (κ1) is 16.7. The van der Waals surface area contributed by atoms with Crippen LogP contribution >= 0.6 is 11.3 Å². The number of aromatic nitrogens is 2. The summed E-state index contributed by atoms with van der Waals surface area (Å²) in [6.45, 7) is 0. The minimum atomic E-state index is 0.0514. The van der Waals surface area contributed by atoms with Crippen molar-refractivity contribution < 1.29 is 4.79 Å². The molecule has 25 heavy (non-hydrogen) atoms.